The molecule has 0 radical (unpaired) electrons. The van der Waals surface area contributed by atoms with E-state index in [1.807, 2.05) is 51.1 Å². The Balaban J connectivity index is 2.52. The zero-order chi connectivity index (χ0) is 28.5. The predicted molar refractivity (Wildman–Crippen MR) is 154 cm³/mol. The van der Waals surface area contributed by atoms with Crippen molar-refractivity contribution in [2.45, 2.75) is 77.7 Å². The number of benzene rings is 2. The summed E-state index contributed by atoms with van der Waals surface area (Å²) in [5.74, 6) is 1.79. The summed E-state index contributed by atoms with van der Waals surface area (Å²) in [6.45, 7) is 11.2. The maximum absolute atomic E-state index is 14.1. The number of ether oxygens (including phenoxy) is 1. The van der Waals surface area contributed by atoms with Gasteiger partial charge in [-0.1, -0.05) is 55.3 Å². The van der Waals surface area contributed by atoms with Crippen LogP contribution in [0.25, 0.3) is 0 Å². The Morgan fingerprint density at radius 2 is 1.63 bits per heavy atom. The molecule has 0 aromatic heterocycles. The van der Waals surface area contributed by atoms with Gasteiger partial charge in [-0.25, -0.2) is 4.79 Å². The topological polar surface area (TPSA) is 87.7 Å². The Hall–Kier alpha value is -3.44. The molecule has 2 aromatic carbocycles. The van der Waals surface area contributed by atoms with E-state index in [0.717, 1.165) is 5.56 Å². The molecule has 0 spiro atoms. The first-order valence-corrected chi connectivity index (χ1v) is 13.3. The van der Waals surface area contributed by atoms with E-state index >= 15 is 0 Å². The number of thiol groups is 1. The van der Waals surface area contributed by atoms with Gasteiger partial charge in [0.2, 0.25) is 11.8 Å². The van der Waals surface area contributed by atoms with Crippen LogP contribution in [0.5, 0.6) is 0 Å². The first-order valence-electron chi connectivity index (χ1n) is 12.6. The van der Waals surface area contributed by atoms with E-state index in [4.69, 9.17) is 11.2 Å². The zero-order valence-electron chi connectivity index (χ0n) is 23.1. The number of nitrogens with zero attached hydrogens (tertiary/aromatic N) is 1. The van der Waals surface area contributed by atoms with E-state index in [9.17, 15) is 14.4 Å². The largest absolute Gasteiger partial charge is 0.444 e. The van der Waals surface area contributed by atoms with Gasteiger partial charge in [-0.3, -0.25) is 9.59 Å². The third-order valence-corrected chi connectivity index (χ3v) is 6.50. The fourth-order valence-electron chi connectivity index (χ4n) is 3.81. The summed E-state index contributed by atoms with van der Waals surface area (Å²) >= 11 is 4.34. The summed E-state index contributed by atoms with van der Waals surface area (Å²) in [4.78, 5) is 42.0. The molecular weight excluding hydrogens is 498 g/mol. The van der Waals surface area contributed by atoms with E-state index in [2.05, 4.69) is 29.2 Å². The van der Waals surface area contributed by atoms with Gasteiger partial charge in [-0.15, -0.1) is 6.42 Å². The van der Waals surface area contributed by atoms with Crippen LogP contribution in [0, 0.1) is 12.3 Å². The molecule has 2 rings (SSSR count). The molecule has 0 bridgehead atoms. The van der Waals surface area contributed by atoms with Crippen LogP contribution < -0.4 is 10.6 Å². The first-order chi connectivity index (χ1) is 17.8. The highest BCUT2D eigenvalue weighted by Crippen LogP contribution is 2.32. The number of hydrogen-bond acceptors (Lipinski definition) is 5. The second-order valence-electron chi connectivity index (χ2n) is 10.6. The Morgan fingerprint density at radius 1 is 1.03 bits per heavy atom. The monoisotopic (exact) mass is 537 g/mol. The van der Waals surface area contributed by atoms with Gasteiger partial charge in [0.15, 0.2) is 0 Å². The molecule has 2 atom stereocenters. The van der Waals surface area contributed by atoms with Crippen molar-refractivity contribution in [3.05, 3.63) is 71.3 Å². The summed E-state index contributed by atoms with van der Waals surface area (Å²) < 4.78 is 5.36. The zero-order valence-corrected chi connectivity index (χ0v) is 24.0. The smallest absolute Gasteiger partial charge is 0.408 e. The van der Waals surface area contributed by atoms with Crippen LogP contribution in [-0.4, -0.2) is 45.7 Å². The van der Waals surface area contributed by atoms with Crippen LogP contribution in [0.15, 0.2) is 54.6 Å². The Kier molecular flexibility index (Phi) is 10.8. The Bertz CT molecular complexity index is 1130. The van der Waals surface area contributed by atoms with E-state index < -0.39 is 35.2 Å². The van der Waals surface area contributed by atoms with Gasteiger partial charge in [0, 0.05) is 23.4 Å². The molecule has 0 aliphatic rings. The average molecular weight is 538 g/mol. The van der Waals surface area contributed by atoms with E-state index in [1.54, 1.807) is 45.0 Å². The molecule has 2 unspecified atom stereocenters. The van der Waals surface area contributed by atoms with Gasteiger partial charge in [0.25, 0.3) is 0 Å². The summed E-state index contributed by atoms with van der Waals surface area (Å²) in [5, 5.41) is 5.62. The van der Waals surface area contributed by atoms with E-state index in [1.165, 1.54) is 4.90 Å². The molecule has 0 saturated carbocycles. The van der Waals surface area contributed by atoms with Crippen molar-refractivity contribution in [3.63, 3.8) is 0 Å². The molecular formula is C30H39N3O4S. The lowest BCUT2D eigenvalue weighted by atomic mass is 9.91. The van der Waals surface area contributed by atoms with E-state index in [0.29, 0.717) is 24.1 Å². The minimum absolute atomic E-state index is 0.0166. The summed E-state index contributed by atoms with van der Waals surface area (Å²) in [5.41, 5.74) is 0.682. The predicted octanol–water partition coefficient (Wildman–Crippen LogP) is 4.87. The van der Waals surface area contributed by atoms with Crippen molar-refractivity contribution >= 4 is 30.5 Å². The number of carbonyl (C=O) groups excluding carboxylic acids is 3. The molecule has 7 nitrogen and oxygen atoms in total. The maximum atomic E-state index is 14.1. The van der Waals surface area contributed by atoms with Gasteiger partial charge >= 0.3 is 6.09 Å². The van der Waals surface area contributed by atoms with Gasteiger partial charge < -0.3 is 20.3 Å². The highest BCUT2D eigenvalue weighted by atomic mass is 32.1. The first kappa shape index (κ1) is 30.8. The van der Waals surface area contributed by atoms with E-state index in [-0.39, 0.29) is 11.7 Å². The minimum Gasteiger partial charge on any atom is -0.444 e. The van der Waals surface area contributed by atoms with Crippen molar-refractivity contribution in [1.82, 2.24) is 15.5 Å². The fourth-order valence-corrected chi connectivity index (χ4v) is 4.06. The number of terminal acetylenes is 1. The summed E-state index contributed by atoms with van der Waals surface area (Å²) in [7, 11) is 0. The lowest BCUT2D eigenvalue weighted by molar-refractivity contribution is -0.149. The van der Waals surface area contributed by atoms with Crippen LogP contribution in [0.1, 0.15) is 70.7 Å². The number of carbonyl (C=O) groups is 3. The van der Waals surface area contributed by atoms with Crippen molar-refractivity contribution < 1.29 is 19.1 Å². The number of hydrogen-bond donors (Lipinski definition) is 3. The van der Waals surface area contributed by atoms with Gasteiger partial charge in [-0.05, 0) is 64.3 Å². The molecule has 0 saturated heterocycles. The molecule has 38 heavy (non-hydrogen) atoms. The second-order valence-corrected chi connectivity index (χ2v) is 11.0. The third-order valence-electron chi connectivity index (χ3n) is 6.14. The summed E-state index contributed by atoms with van der Waals surface area (Å²) in [6.07, 6.45) is 5.36. The number of alkyl carbamates (subject to hydrolysis) is 1. The lowest BCUT2D eigenvalue weighted by Crippen LogP contribution is -2.59. The van der Waals surface area contributed by atoms with Crippen molar-refractivity contribution in [2.75, 3.05) is 5.75 Å². The second kappa shape index (κ2) is 13.4. The number of nitrogens with one attached hydrogen (secondary N) is 2. The number of rotatable bonds is 10. The third kappa shape index (κ3) is 8.56. The lowest BCUT2D eigenvalue weighted by Gasteiger charge is -2.44. The molecule has 8 heteroatoms. The Labute approximate surface area is 232 Å². The maximum Gasteiger partial charge on any atom is 0.408 e. The van der Waals surface area contributed by atoms with Crippen LogP contribution >= 0.6 is 12.6 Å². The quantitative estimate of drug-likeness (QED) is 0.298. The molecule has 0 aliphatic carbocycles. The highest BCUT2D eigenvalue weighted by molar-refractivity contribution is 7.80. The fraction of sp³-hybridized carbons (Fsp3) is 0.433. The van der Waals surface area contributed by atoms with Gasteiger partial charge in [0.1, 0.15) is 17.7 Å². The minimum atomic E-state index is -1.02. The Morgan fingerprint density at radius 3 is 2.13 bits per heavy atom. The molecule has 204 valence electrons. The van der Waals surface area contributed by atoms with Crippen LogP contribution in [0.4, 0.5) is 4.79 Å². The molecule has 3 amide bonds. The van der Waals surface area contributed by atoms with Crippen LogP contribution in [0.2, 0.25) is 0 Å². The highest BCUT2D eigenvalue weighted by Gasteiger charge is 2.42. The SMILES string of the molecule is C#Cc1ccc(C(C(=O)NCc2ccccc2)N(C(=O)C(CS)NC(=O)OC(C)(C)C)C(C)(C)CC)cc1. The normalized spacial score (nSPS) is 13.0. The van der Waals surface area contributed by atoms with Gasteiger partial charge in [0.05, 0.1) is 0 Å². The molecule has 0 fully saturated rings. The average Bonchev–Trinajstić information content (AvgIpc) is 2.88. The molecule has 0 heterocycles. The molecule has 2 aromatic rings. The van der Waals surface area contributed by atoms with Gasteiger partial charge in [-0.2, -0.15) is 12.6 Å². The van der Waals surface area contributed by atoms with Crippen molar-refractivity contribution in [2.24, 2.45) is 0 Å². The number of amides is 3. The van der Waals surface area contributed by atoms with Crippen molar-refractivity contribution in [3.8, 4) is 12.3 Å². The van der Waals surface area contributed by atoms with Crippen molar-refractivity contribution in [1.29, 1.82) is 0 Å². The van der Waals surface area contributed by atoms with Crippen LogP contribution in [0.3, 0.4) is 0 Å². The molecule has 0 aliphatic heterocycles. The summed E-state index contributed by atoms with van der Waals surface area (Å²) in [6, 6.07) is 14.5. The standard InChI is InChI=1S/C30H39N3O4S/c1-8-21-15-17-23(18-16-21)25(26(34)31-19-22-13-11-10-12-14-22)33(30(6,7)9-2)27(35)24(20-38)32-28(36)37-29(3,4)5/h1,10-18,24-25,38H,9,19-20H2,2-7H3,(H,31,34)(H,32,36). The molecule has 2 N–H and O–H groups in total. The van der Waals surface area contributed by atoms with Crippen LogP contribution in [-0.2, 0) is 20.9 Å².